The van der Waals surface area contributed by atoms with E-state index in [1.54, 1.807) is 6.07 Å². The lowest BCUT2D eigenvalue weighted by atomic mass is 10.0. The molecule has 1 atom stereocenters. The van der Waals surface area contributed by atoms with Crippen LogP contribution in [0.5, 0.6) is 0 Å². The van der Waals surface area contributed by atoms with Crippen LogP contribution in [0.25, 0.3) is 22.5 Å². The summed E-state index contributed by atoms with van der Waals surface area (Å²) in [5.41, 5.74) is 0.719. The minimum absolute atomic E-state index is 0.00171. The van der Waals surface area contributed by atoms with Crippen LogP contribution in [0.4, 0.5) is 26.3 Å². The highest BCUT2D eigenvalue weighted by molar-refractivity contribution is 5.89. The molecule has 0 saturated carbocycles. The minimum atomic E-state index is -4.51. The predicted molar refractivity (Wildman–Crippen MR) is 120 cm³/mol. The predicted octanol–water partition coefficient (Wildman–Crippen LogP) is 5.32. The molecule has 0 radical (unpaired) electrons. The maximum absolute atomic E-state index is 13.0. The molecule has 36 heavy (non-hydrogen) atoms. The number of benzene rings is 2. The van der Waals surface area contributed by atoms with Gasteiger partial charge in [0.25, 0.3) is 0 Å². The Kier molecular flexibility index (Phi) is 6.83. The number of H-pyrrole nitrogens is 1. The molecule has 3 N–H and O–H groups in total. The first-order valence-electron chi connectivity index (χ1n) is 11.1. The molecule has 0 bridgehead atoms. The number of carbonyl (C=O) groups excluding carboxylic acids is 2. The monoisotopic (exact) mass is 509 g/mol. The van der Waals surface area contributed by atoms with E-state index in [9.17, 15) is 35.9 Å². The number of halogens is 6. The maximum Gasteiger partial charge on any atom is 0.416 e. The van der Waals surface area contributed by atoms with Crippen molar-refractivity contribution < 1.29 is 35.9 Å². The molecule has 2 heterocycles. The van der Waals surface area contributed by atoms with Crippen molar-refractivity contribution in [2.75, 3.05) is 6.54 Å². The molecule has 2 amide bonds. The number of aryl methyl sites for hydroxylation is 1. The third-order valence-electron chi connectivity index (χ3n) is 5.93. The van der Waals surface area contributed by atoms with Crippen LogP contribution in [0.1, 0.15) is 29.5 Å². The van der Waals surface area contributed by atoms with Crippen LogP contribution in [-0.4, -0.2) is 29.4 Å². The van der Waals surface area contributed by atoms with E-state index in [1.165, 1.54) is 24.3 Å². The number of amides is 2. The standard InChI is InChI=1S/C25H21F6N3O2/c26-24(27,28)17-6-1-14(2-7-17)20-13-16(5-10-21(35)33-19-11-12-32-23(19)36)22(34-20)15-3-8-18(9-4-15)25(29,30)31/h1-4,6-9,13,19,34H,5,10-12H2,(H,32,36)(H,33,35)/t19-/m0/s1. The molecule has 3 aromatic rings. The van der Waals surface area contributed by atoms with Crippen molar-refractivity contribution in [3.8, 4) is 22.5 Å². The second-order valence-electron chi connectivity index (χ2n) is 8.43. The fourth-order valence-electron chi connectivity index (χ4n) is 4.02. The largest absolute Gasteiger partial charge is 0.416 e. The molecule has 4 rings (SSSR count). The summed E-state index contributed by atoms with van der Waals surface area (Å²) in [7, 11) is 0. The second kappa shape index (κ2) is 9.71. The van der Waals surface area contributed by atoms with Gasteiger partial charge in [-0.3, -0.25) is 9.59 Å². The lowest BCUT2D eigenvalue weighted by Crippen LogP contribution is -2.40. The highest BCUT2D eigenvalue weighted by atomic mass is 19.4. The van der Waals surface area contributed by atoms with Crippen LogP contribution in [-0.2, 0) is 28.4 Å². The first-order valence-corrected chi connectivity index (χ1v) is 11.1. The second-order valence-corrected chi connectivity index (χ2v) is 8.43. The van der Waals surface area contributed by atoms with Crippen LogP contribution < -0.4 is 10.6 Å². The molecule has 190 valence electrons. The number of alkyl halides is 6. The van der Waals surface area contributed by atoms with Crippen LogP contribution in [0, 0.1) is 0 Å². The van der Waals surface area contributed by atoms with E-state index >= 15 is 0 Å². The van der Waals surface area contributed by atoms with Crippen LogP contribution >= 0.6 is 0 Å². The topological polar surface area (TPSA) is 74.0 Å². The van der Waals surface area contributed by atoms with Gasteiger partial charge in [-0.25, -0.2) is 0 Å². The molecule has 5 nitrogen and oxygen atoms in total. The van der Waals surface area contributed by atoms with Crippen molar-refractivity contribution in [3.05, 3.63) is 71.3 Å². The molecule has 0 aliphatic carbocycles. The Labute approximate surface area is 201 Å². The SMILES string of the molecule is O=C(CCc1cc(-c2ccc(C(F)(F)F)cc2)[nH]c1-c1ccc(C(F)(F)F)cc1)N[C@H]1CCNC1=O. The Morgan fingerprint density at radius 3 is 1.94 bits per heavy atom. The summed E-state index contributed by atoms with van der Waals surface area (Å²) < 4.78 is 77.7. The Hall–Kier alpha value is -3.76. The summed E-state index contributed by atoms with van der Waals surface area (Å²) in [6, 6.07) is 9.95. The zero-order chi connectivity index (χ0) is 26.1. The third kappa shape index (κ3) is 5.72. The number of carbonyl (C=O) groups is 2. The minimum Gasteiger partial charge on any atom is -0.354 e. The van der Waals surface area contributed by atoms with Gasteiger partial charge in [-0.05, 0) is 59.9 Å². The lowest BCUT2D eigenvalue weighted by Gasteiger charge is -2.11. The Morgan fingerprint density at radius 2 is 1.44 bits per heavy atom. The Balaban J connectivity index is 1.61. The van der Waals surface area contributed by atoms with Gasteiger partial charge in [-0.15, -0.1) is 0 Å². The van der Waals surface area contributed by atoms with Crippen molar-refractivity contribution in [1.29, 1.82) is 0 Å². The molecule has 1 fully saturated rings. The van der Waals surface area contributed by atoms with Gasteiger partial charge in [-0.2, -0.15) is 26.3 Å². The molecule has 11 heteroatoms. The van der Waals surface area contributed by atoms with Crippen LogP contribution in [0.3, 0.4) is 0 Å². The van der Waals surface area contributed by atoms with Gasteiger partial charge < -0.3 is 15.6 Å². The number of nitrogens with one attached hydrogen (secondary N) is 3. The van der Waals surface area contributed by atoms with Gasteiger partial charge in [0.05, 0.1) is 11.1 Å². The number of hydrogen-bond donors (Lipinski definition) is 3. The van der Waals surface area contributed by atoms with E-state index < -0.39 is 29.5 Å². The highest BCUT2D eigenvalue weighted by Crippen LogP contribution is 2.35. The van der Waals surface area contributed by atoms with Gasteiger partial charge in [-0.1, -0.05) is 24.3 Å². The molecule has 1 aliphatic heterocycles. The Morgan fingerprint density at radius 1 is 0.889 bits per heavy atom. The smallest absolute Gasteiger partial charge is 0.354 e. The van der Waals surface area contributed by atoms with E-state index in [0.717, 1.165) is 24.3 Å². The summed E-state index contributed by atoms with van der Waals surface area (Å²) in [6.45, 7) is 0.468. The number of rotatable bonds is 6. The quantitative estimate of drug-likeness (QED) is 0.394. The average molecular weight is 509 g/mol. The summed E-state index contributed by atoms with van der Waals surface area (Å²) in [6.07, 6.45) is -8.33. The fourth-order valence-corrected chi connectivity index (χ4v) is 4.02. The highest BCUT2D eigenvalue weighted by Gasteiger charge is 2.31. The van der Waals surface area contributed by atoms with E-state index in [2.05, 4.69) is 15.6 Å². The molecule has 0 spiro atoms. The summed E-state index contributed by atoms with van der Waals surface area (Å²) in [4.78, 5) is 27.2. The van der Waals surface area contributed by atoms with Crippen molar-refractivity contribution in [1.82, 2.24) is 15.6 Å². The molecule has 1 aromatic heterocycles. The zero-order valence-electron chi connectivity index (χ0n) is 18.7. The van der Waals surface area contributed by atoms with Crippen molar-refractivity contribution in [2.45, 2.75) is 37.7 Å². The molecule has 1 saturated heterocycles. The van der Waals surface area contributed by atoms with Gasteiger partial charge in [0.1, 0.15) is 6.04 Å². The zero-order valence-corrected chi connectivity index (χ0v) is 18.7. The fraction of sp³-hybridized carbons (Fsp3) is 0.280. The molecular formula is C25H21F6N3O2. The lowest BCUT2D eigenvalue weighted by molar-refractivity contribution is -0.138. The molecule has 0 unspecified atom stereocenters. The van der Waals surface area contributed by atoms with E-state index in [0.29, 0.717) is 41.0 Å². The van der Waals surface area contributed by atoms with Gasteiger partial charge in [0, 0.05) is 24.4 Å². The first kappa shape index (κ1) is 25.3. The van der Waals surface area contributed by atoms with E-state index in [4.69, 9.17) is 0 Å². The first-order chi connectivity index (χ1) is 16.9. The number of aromatic amines is 1. The van der Waals surface area contributed by atoms with Crippen LogP contribution in [0.2, 0.25) is 0 Å². The maximum atomic E-state index is 13.0. The van der Waals surface area contributed by atoms with Crippen molar-refractivity contribution in [3.63, 3.8) is 0 Å². The van der Waals surface area contributed by atoms with E-state index in [1.807, 2.05) is 0 Å². The van der Waals surface area contributed by atoms with Gasteiger partial charge in [0.2, 0.25) is 11.8 Å². The number of hydrogen-bond acceptors (Lipinski definition) is 2. The number of aromatic nitrogens is 1. The summed E-state index contributed by atoms with van der Waals surface area (Å²) in [5.74, 6) is -0.632. The molecule has 1 aliphatic rings. The van der Waals surface area contributed by atoms with Crippen LogP contribution in [0.15, 0.2) is 54.6 Å². The van der Waals surface area contributed by atoms with E-state index in [-0.39, 0.29) is 24.7 Å². The average Bonchev–Trinajstić information content (AvgIpc) is 3.43. The van der Waals surface area contributed by atoms with Crippen molar-refractivity contribution >= 4 is 11.8 Å². The Bertz CT molecular complexity index is 1240. The van der Waals surface area contributed by atoms with Crippen molar-refractivity contribution in [2.24, 2.45) is 0 Å². The molecular weight excluding hydrogens is 488 g/mol. The third-order valence-corrected chi connectivity index (χ3v) is 5.93. The normalized spacial score (nSPS) is 16.2. The summed E-state index contributed by atoms with van der Waals surface area (Å²) >= 11 is 0. The molecule has 2 aromatic carbocycles. The van der Waals surface area contributed by atoms with Gasteiger partial charge in [0.15, 0.2) is 0 Å². The summed E-state index contributed by atoms with van der Waals surface area (Å²) in [5, 5.41) is 5.27. The van der Waals surface area contributed by atoms with Gasteiger partial charge >= 0.3 is 12.4 Å².